The third kappa shape index (κ3) is 19.2. The number of aromatic carboxylic acids is 3. The number of hydrogen-bond acceptors (Lipinski definition) is 20. The molecule has 0 saturated carbocycles. The van der Waals surface area contributed by atoms with Crippen LogP contribution in [0.3, 0.4) is 0 Å². The molecule has 8 aromatic rings. The number of methoxy groups -OCH3 is 2. The molecule has 0 aliphatic carbocycles. The van der Waals surface area contributed by atoms with Crippen LogP contribution < -0.4 is 46.3 Å². The van der Waals surface area contributed by atoms with E-state index >= 15 is 0 Å². The average Bonchev–Trinajstić information content (AvgIpc) is 3.08. The van der Waals surface area contributed by atoms with Crippen LogP contribution in [0.15, 0.2) is 136 Å². The van der Waals surface area contributed by atoms with E-state index in [0.29, 0.717) is 140 Å². The van der Waals surface area contributed by atoms with E-state index in [2.05, 4.69) is 51.2 Å². The van der Waals surface area contributed by atoms with Crippen LogP contribution in [-0.2, 0) is 18.9 Å². The Bertz CT molecular complexity index is 3660. The summed E-state index contributed by atoms with van der Waals surface area (Å²) in [7, 11) is 3.03. The third-order valence-electron chi connectivity index (χ3n) is 13.4. The number of pyridine rings is 6. The van der Waals surface area contributed by atoms with Crippen LogP contribution in [0.4, 0.5) is 28.8 Å². The van der Waals surface area contributed by atoms with Crippen LogP contribution in [0.5, 0.6) is 11.5 Å². The lowest BCUT2D eigenvalue weighted by Crippen LogP contribution is -2.38. The van der Waals surface area contributed by atoms with Crippen LogP contribution >= 0.6 is 15.9 Å². The lowest BCUT2D eigenvalue weighted by atomic mass is 10.1. The monoisotopic (exact) mass is 1270 g/mol. The number of carboxylic acids is 3. The Morgan fingerprint density at radius 2 is 0.898 bits per heavy atom. The van der Waals surface area contributed by atoms with Crippen molar-refractivity contribution in [2.24, 2.45) is 0 Å². The Morgan fingerprint density at radius 3 is 1.28 bits per heavy atom. The van der Waals surface area contributed by atoms with Crippen molar-refractivity contribution in [3.05, 3.63) is 169 Å². The SMILES string of the molecule is C1CCOCC1.COc1cc(=O)[nH]c2ccc(N)cc12.COc1cc(=O)[nH]c2ccc(NC(=O)c3cccnc3N3CCOCC3)cc12.O=C(O)c1cccnc1Br.O=C(O)c1cccnc1N1CCOCC1.O=C(O)c1cccnc1N1CCOCC1. The van der Waals surface area contributed by atoms with Gasteiger partial charge in [0.05, 0.1) is 76.0 Å². The lowest BCUT2D eigenvalue weighted by molar-refractivity contribution is 0.0684. The van der Waals surface area contributed by atoms with E-state index < -0.39 is 17.9 Å². The van der Waals surface area contributed by atoms with Crippen molar-refractivity contribution in [1.29, 1.82) is 0 Å². The number of nitrogens with one attached hydrogen (secondary N) is 3. The maximum Gasteiger partial charge on any atom is 0.339 e. The van der Waals surface area contributed by atoms with E-state index in [9.17, 15) is 28.8 Å². The largest absolute Gasteiger partial charge is 0.496 e. The van der Waals surface area contributed by atoms with Gasteiger partial charge in [0.15, 0.2) is 0 Å². The van der Waals surface area contributed by atoms with Crippen molar-refractivity contribution >= 4 is 90.4 Å². The quantitative estimate of drug-likeness (QED) is 0.0530. The Hall–Kier alpha value is -9.54. The number of H-pyrrole nitrogens is 2. The fourth-order valence-electron chi connectivity index (χ4n) is 9.09. The molecule has 88 heavy (non-hydrogen) atoms. The molecule has 4 saturated heterocycles. The van der Waals surface area contributed by atoms with Crippen LogP contribution in [0, 0.1) is 0 Å². The zero-order valence-corrected chi connectivity index (χ0v) is 50.0. The molecule has 4 aliphatic rings. The number of rotatable bonds is 10. The number of nitrogen functional groups attached to an aromatic ring is 1. The topological polar surface area (TPSA) is 349 Å². The maximum atomic E-state index is 12.9. The maximum absolute atomic E-state index is 12.9. The van der Waals surface area contributed by atoms with Crippen molar-refractivity contribution in [2.75, 3.05) is 132 Å². The molecule has 0 atom stereocenters. The van der Waals surface area contributed by atoms with Gasteiger partial charge in [-0.15, -0.1) is 0 Å². The Kier molecular flexibility index (Phi) is 25.5. The first-order chi connectivity index (χ1) is 42.6. The fraction of sp³-hybridized carbons (Fsp3) is 0.311. The molecule has 27 heteroatoms. The lowest BCUT2D eigenvalue weighted by Gasteiger charge is -2.29. The van der Waals surface area contributed by atoms with E-state index in [4.69, 9.17) is 49.5 Å². The summed E-state index contributed by atoms with van der Waals surface area (Å²) in [6.45, 7) is 9.86. The highest BCUT2D eigenvalue weighted by Gasteiger charge is 2.22. The first-order valence-corrected chi connectivity index (χ1v) is 28.6. The van der Waals surface area contributed by atoms with Gasteiger partial charge in [0.1, 0.15) is 44.7 Å². The molecule has 0 spiro atoms. The van der Waals surface area contributed by atoms with Crippen LogP contribution in [0.2, 0.25) is 0 Å². The Labute approximate surface area is 513 Å². The third-order valence-corrected chi connectivity index (χ3v) is 14.0. The zero-order valence-electron chi connectivity index (χ0n) is 48.4. The standard InChI is InChI=1S/C20H20N4O4.2C10H12N2O3.C10H10N2O2.C6H4BrNO2.C5H10O/c1-27-17-12-18(25)23-16-5-4-13(11-15(16)17)22-20(26)14-3-2-6-21-19(14)24-7-9-28-10-8-24;2*13-10(14)8-2-1-3-11-9(8)12-4-6-15-7-5-12;1-14-9-5-10(13)12-8-3-2-6(11)4-7(8)9;7-5-4(6(9)10)2-1-3-8-5;1-2-4-6-5-3-1/h2-6,11-12H,7-10H2,1H3,(H,22,26)(H,23,25);2*1-3H,4-7H2,(H,13,14);2-5H,11H2,1H3,(H,12,13);1-3H,(H,9,10);1-5H2. The smallest absolute Gasteiger partial charge is 0.339 e. The summed E-state index contributed by atoms with van der Waals surface area (Å²) in [5.74, 6) is -0.402. The first kappa shape index (κ1) is 66.0. The number of benzene rings is 2. The van der Waals surface area contributed by atoms with Crippen molar-refractivity contribution in [3.8, 4) is 11.5 Å². The highest BCUT2D eigenvalue weighted by atomic mass is 79.9. The molecular weight excluding hydrogens is 1210 g/mol. The number of nitrogens with zero attached hydrogens (tertiary/aromatic N) is 7. The van der Waals surface area contributed by atoms with Gasteiger partial charge in [0, 0.05) is 112 Å². The summed E-state index contributed by atoms with van der Waals surface area (Å²) >= 11 is 3.00. The summed E-state index contributed by atoms with van der Waals surface area (Å²) in [6, 6.07) is 26.3. The highest BCUT2D eigenvalue weighted by Crippen LogP contribution is 2.28. The second kappa shape index (κ2) is 34.0. The molecule has 4 aliphatic heterocycles. The van der Waals surface area contributed by atoms with Crippen LogP contribution in [-0.4, -0.2) is 175 Å². The van der Waals surface area contributed by atoms with Crippen molar-refractivity contribution in [2.45, 2.75) is 19.3 Å². The van der Waals surface area contributed by atoms with Gasteiger partial charge in [0.2, 0.25) is 0 Å². The molecule has 12 rings (SSSR count). The minimum absolute atomic E-state index is 0.181. The number of anilines is 5. The van der Waals surface area contributed by atoms with Gasteiger partial charge in [-0.3, -0.25) is 14.4 Å². The number of carboxylic acid groups (broad SMARTS) is 3. The number of morpholine rings is 3. The second-order valence-corrected chi connectivity index (χ2v) is 20.0. The van der Waals surface area contributed by atoms with E-state index in [-0.39, 0.29) is 33.7 Å². The number of fused-ring (bicyclic) bond motifs is 2. The number of aromatic nitrogens is 6. The van der Waals surface area contributed by atoms with E-state index in [1.807, 2.05) is 14.7 Å². The molecule has 0 unspecified atom stereocenters. The number of amides is 1. The van der Waals surface area contributed by atoms with Gasteiger partial charge in [0.25, 0.3) is 17.0 Å². The minimum Gasteiger partial charge on any atom is -0.496 e. The summed E-state index contributed by atoms with van der Waals surface area (Å²) in [5, 5.41) is 30.9. The van der Waals surface area contributed by atoms with Gasteiger partial charge in [-0.05, 0) is 120 Å². The average molecular weight is 1280 g/mol. The van der Waals surface area contributed by atoms with Crippen molar-refractivity contribution < 1.29 is 62.9 Å². The second-order valence-electron chi connectivity index (χ2n) is 19.3. The van der Waals surface area contributed by atoms with E-state index in [1.54, 1.807) is 97.5 Å². The zero-order chi connectivity index (χ0) is 62.8. The molecule has 464 valence electrons. The molecule has 1 amide bonds. The van der Waals surface area contributed by atoms with Crippen molar-refractivity contribution in [1.82, 2.24) is 29.9 Å². The number of carbonyl (C=O) groups excluding carboxylic acids is 1. The Balaban J connectivity index is 0.000000160. The molecular formula is C61H68BrN11O15. The molecule has 10 heterocycles. The van der Waals surface area contributed by atoms with Crippen LogP contribution in [0.25, 0.3) is 21.8 Å². The van der Waals surface area contributed by atoms with E-state index in [1.165, 1.54) is 57.9 Å². The summed E-state index contributed by atoms with van der Waals surface area (Å²) in [4.78, 5) is 95.8. The normalized spacial score (nSPS) is 14.4. The van der Waals surface area contributed by atoms with Gasteiger partial charge in [-0.2, -0.15) is 0 Å². The van der Waals surface area contributed by atoms with Crippen molar-refractivity contribution in [3.63, 3.8) is 0 Å². The number of nitrogens with two attached hydrogens (primary N) is 1. The first-order valence-electron chi connectivity index (χ1n) is 27.9. The molecule has 2 aromatic carbocycles. The van der Waals surface area contributed by atoms with Gasteiger partial charge in [-0.1, -0.05) is 0 Å². The summed E-state index contributed by atoms with van der Waals surface area (Å²) < 4.78 is 31.6. The molecule has 26 nitrogen and oxygen atoms in total. The van der Waals surface area contributed by atoms with E-state index in [0.717, 1.165) is 24.1 Å². The Morgan fingerprint density at radius 1 is 0.511 bits per heavy atom. The van der Waals surface area contributed by atoms with Gasteiger partial charge in [-0.25, -0.2) is 34.3 Å². The molecule has 8 N–H and O–H groups in total. The summed E-state index contributed by atoms with van der Waals surface area (Å²) in [6.07, 6.45) is 10.4. The van der Waals surface area contributed by atoms with Gasteiger partial charge < -0.3 is 79.5 Å². The number of halogens is 1. The fourth-order valence-corrected chi connectivity index (χ4v) is 9.51. The number of hydrogen-bond donors (Lipinski definition) is 7. The summed E-state index contributed by atoms with van der Waals surface area (Å²) in [5.41, 5.74) is 8.99. The number of aromatic amines is 2. The molecule has 6 aromatic heterocycles. The number of ether oxygens (including phenoxy) is 6. The number of carbonyl (C=O) groups is 4. The highest BCUT2D eigenvalue weighted by molar-refractivity contribution is 9.10. The molecule has 0 radical (unpaired) electrons. The predicted octanol–water partition coefficient (Wildman–Crippen LogP) is 7.10. The molecule has 4 fully saturated rings. The minimum atomic E-state index is -0.972. The van der Waals surface area contributed by atoms with Gasteiger partial charge >= 0.3 is 17.9 Å². The van der Waals surface area contributed by atoms with Crippen LogP contribution in [0.1, 0.15) is 60.7 Å². The predicted molar refractivity (Wildman–Crippen MR) is 334 cm³/mol. The molecule has 0 bridgehead atoms.